The van der Waals surface area contributed by atoms with Crippen molar-refractivity contribution in [1.29, 1.82) is 0 Å². The van der Waals surface area contributed by atoms with Crippen molar-refractivity contribution < 1.29 is 0 Å². The topological polar surface area (TPSA) is 6.48 Å². The summed E-state index contributed by atoms with van der Waals surface area (Å²) in [6.45, 7) is 0. The monoisotopic (exact) mass is 899 g/mol. The molecule has 0 spiro atoms. The first-order valence-electron chi connectivity index (χ1n) is 27.9. The minimum atomic E-state index is -0.00539. The highest BCUT2D eigenvalue weighted by Crippen LogP contribution is 2.49. The van der Waals surface area contributed by atoms with Gasteiger partial charge in [0.25, 0.3) is 0 Å². The predicted octanol–water partition coefficient (Wildman–Crippen LogP) is 20.1. The number of anilines is 6. The van der Waals surface area contributed by atoms with Crippen molar-refractivity contribution in [2.45, 2.75) is 190 Å². The molecule has 0 atom stereocenters. The zero-order valence-corrected chi connectivity index (χ0v) is 41.2. The number of para-hydroxylation sites is 2. The molecule has 2 heteroatoms. The summed E-state index contributed by atoms with van der Waals surface area (Å²) in [5.74, 6) is 2.70. The second-order valence-electron chi connectivity index (χ2n) is 22.1. The molecule has 68 heavy (non-hydrogen) atoms. The van der Waals surface area contributed by atoms with Crippen LogP contribution in [0, 0.1) is 0 Å². The maximum atomic E-state index is 2.64. The highest BCUT2D eigenvalue weighted by atomic mass is 15.1. The predicted molar refractivity (Wildman–Crippen MR) is 289 cm³/mol. The van der Waals surface area contributed by atoms with Crippen LogP contribution in [0.3, 0.4) is 0 Å². The fourth-order valence-electron chi connectivity index (χ4n) is 14.1. The molecule has 0 heterocycles. The lowest BCUT2D eigenvalue weighted by Crippen LogP contribution is -2.30. The van der Waals surface area contributed by atoms with E-state index in [4.69, 9.17) is 0 Å². The standard InChI is InChI=1S/C66H78N2/c1-8-22-50(23-9-1)54-44-55(51-24-10-2-11-25-51)47-64(46-54)67(60-30-16-5-17-31-60)62-38-34-58(35-39-62)66(42-20-7-21-43-66)59-36-40-63(41-37-59)68(61-32-18-6-19-33-61)65-48-56(52-26-12-3-13-27-52)45-57(49-65)53-28-14-4-15-29-53/h5-6,16-19,30-41,44-53H,1-4,7-15,20-29,42-43H2. The van der Waals surface area contributed by atoms with Crippen LogP contribution < -0.4 is 9.80 Å². The molecule has 5 fully saturated rings. The largest absolute Gasteiger partial charge is 0.310 e. The van der Waals surface area contributed by atoms with Crippen molar-refractivity contribution in [3.63, 3.8) is 0 Å². The summed E-state index contributed by atoms with van der Waals surface area (Å²) < 4.78 is 0. The Bertz CT molecular complexity index is 2260. The average molecular weight is 899 g/mol. The Morgan fingerprint density at radius 3 is 0.853 bits per heavy atom. The summed E-state index contributed by atoms with van der Waals surface area (Å²) in [4.78, 5) is 5.15. The van der Waals surface area contributed by atoms with Gasteiger partial charge in [0, 0.05) is 39.5 Å². The van der Waals surface area contributed by atoms with Crippen molar-refractivity contribution in [2.75, 3.05) is 9.80 Å². The highest BCUT2D eigenvalue weighted by molar-refractivity contribution is 5.79. The molecular formula is C66H78N2. The minimum absolute atomic E-state index is 0.00539. The van der Waals surface area contributed by atoms with Gasteiger partial charge in [0.05, 0.1) is 0 Å². The third-order valence-electron chi connectivity index (χ3n) is 17.8. The number of hydrogen-bond donors (Lipinski definition) is 0. The molecule has 0 N–H and O–H groups in total. The second-order valence-corrected chi connectivity index (χ2v) is 22.1. The Kier molecular flexibility index (Phi) is 14.2. The number of rotatable bonds is 12. The number of benzene rings is 6. The van der Waals surface area contributed by atoms with E-state index in [1.807, 2.05) is 0 Å². The van der Waals surface area contributed by atoms with Gasteiger partial charge >= 0.3 is 0 Å². The van der Waals surface area contributed by atoms with Crippen LogP contribution in [0.4, 0.5) is 34.1 Å². The lowest BCUT2D eigenvalue weighted by molar-refractivity contribution is 0.346. The molecule has 0 amide bonds. The van der Waals surface area contributed by atoms with Crippen LogP contribution in [0.1, 0.15) is 218 Å². The van der Waals surface area contributed by atoms with E-state index in [1.54, 1.807) is 22.3 Å². The Hall–Kier alpha value is -5.08. The van der Waals surface area contributed by atoms with Crippen LogP contribution in [0.5, 0.6) is 0 Å². The molecule has 352 valence electrons. The maximum Gasteiger partial charge on any atom is 0.0467 e. The first-order chi connectivity index (χ1) is 33.7. The van der Waals surface area contributed by atoms with Gasteiger partial charge in [-0.05, 0) is 194 Å². The van der Waals surface area contributed by atoms with E-state index in [1.165, 1.54) is 206 Å². The fraction of sp³-hybridized carbons (Fsp3) is 0.455. The lowest BCUT2D eigenvalue weighted by atomic mass is 9.65. The van der Waals surface area contributed by atoms with Gasteiger partial charge in [-0.15, -0.1) is 0 Å². The average Bonchev–Trinajstić information content (AvgIpc) is 3.43. The third-order valence-corrected chi connectivity index (χ3v) is 17.8. The van der Waals surface area contributed by atoms with Crippen molar-refractivity contribution >= 4 is 34.1 Å². The van der Waals surface area contributed by atoms with Crippen molar-refractivity contribution in [3.8, 4) is 0 Å². The van der Waals surface area contributed by atoms with E-state index in [9.17, 15) is 0 Å². The molecule has 5 aliphatic carbocycles. The van der Waals surface area contributed by atoms with E-state index in [0.29, 0.717) is 23.7 Å². The first-order valence-corrected chi connectivity index (χ1v) is 27.9. The molecule has 5 saturated carbocycles. The Morgan fingerprint density at radius 1 is 0.265 bits per heavy atom. The van der Waals surface area contributed by atoms with Gasteiger partial charge in [-0.3, -0.25) is 0 Å². The summed E-state index contributed by atoms with van der Waals surface area (Å²) in [5, 5.41) is 0. The molecule has 0 bridgehead atoms. The van der Waals surface area contributed by atoms with Crippen LogP contribution in [0.15, 0.2) is 146 Å². The summed E-state index contributed by atoms with van der Waals surface area (Å²) in [6.07, 6.45) is 33.4. The Labute approximate surface area is 410 Å². The Morgan fingerprint density at radius 2 is 0.544 bits per heavy atom. The molecule has 6 aromatic rings. The summed E-state index contributed by atoms with van der Waals surface area (Å²) in [6, 6.07) is 57.9. The molecule has 0 aromatic heterocycles. The molecule has 2 nitrogen and oxygen atoms in total. The maximum absolute atomic E-state index is 2.64. The van der Waals surface area contributed by atoms with Crippen LogP contribution in [0.25, 0.3) is 0 Å². The van der Waals surface area contributed by atoms with Crippen LogP contribution >= 0.6 is 0 Å². The summed E-state index contributed by atoms with van der Waals surface area (Å²) in [7, 11) is 0. The molecule has 6 aromatic carbocycles. The minimum Gasteiger partial charge on any atom is -0.310 e. The quantitative estimate of drug-likeness (QED) is 0.121. The second kappa shape index (κ2) is 21.3. The first kappa shape index (κ1) is 45.4. The Balaban J connectivity index is 0.951. The van der Waals surface area contributed by atoms with Gasteiger partial charge in [-0.2, -0.15) is 0 Å². The van der Waals surface area contributed by atoms with E-state index in [-0.39, 0.29) is 5.41 Å². The molecule has 0 unspecified atom stereocenters. The molecule has 0 aliphatic heterocycles. The molecule has 0 saturated heterocycles. The smallest absolute Gasteiger partial charge is 0.0467 e. The highest BCUT2D eigenvalue weighted by Gasteiger charge is 2.36. The molecule has 5 aliphatic rings. The molecule has 11 rings (SSSR count). The van der Waals surface area contributed by atoms with Crippen LogP contribution in [-0.2, 0) is 5.41 Å². The van der Waals surface area contributed by atoms with Gasteiger partial charge in [0.1, 0.15) is 0 Å². The molecular weight excluding hydrogens is 821 g/mol. The van der Waals surface area contributed by atoms with E-state index in [0.717, 1.165) is 0 Å². The van der Waals surface area contributed by atoms with Crippen LogP contribution in [-0.4, -0.2) is 0 Å². The summed E-state index contributed by atoms with van der Waals surface area (Å²) >= 11 is 0. The van der Waals surface area contributed by atoms with Crippen molar-refractivity contribution in [1.82, 2.24) is 0 Å². The van der Waals surface area contributed by atoms with Crippen LogP contribution in [0.2, 0.25) is 0 Å². The number of nitrogens with zero attached hydrogens (tertiary/aromatic N) is 2. The normalized spacial score (nSPS) is 19.9. The van der Waals surface area contributed by atoms with E-state index in [2.05, 4.69) is 155 Å². The summed E-state index contributed by atoms with van der Waals surface area (Å²) in [5.41, 5.74) is 17.0. The van der Waals surface area contributed by atoms with Gasteiger partial charge in [0.2, 0.25) is 0 Å². The van der Waals surface area contributed by atoms with Gasteiger partial charge < -0.3 is 9.80 Å². The van der Waals surface area contributed by atoms with Gasteiger partial charge in [0.15, 0.2) is 0 Å². The van der Waals surface area contributed by atoms with Crippen molar-refractivity contribution in [3.05, 3.63) is 179 Å². The number of hydrogen-bond acceptors (Lipinski definition) is 2. The zero-order chi connectivity index (χ0) is 45.5. The van der Waals surface area contributed by atoms with Gasteiger partial charge in [-0.25, -0.2) is 0 Å². The van der Waals surface area contributed by atoms with E-state index >= 15 is 0 Å². The fourth-order valence-corrected chi connectivity index (χ4v) is 14.1. The van der Waals surface area contributed by atoms with E-state index < -0.39 is 0 Å². The van der Waals surface area contributed by atoms with Crippen molar-refractivity contribution in [2.24, 2.45) is 0 Å². The zero-order valence-electron chi connectivity index (χ0n) is 41.2. The SMILES string of the molecule is c1ccc(N(c2ccc(C3(c4ccc(N(c5ccccc5)c5cc(C6CCCCC6)cc(C6CCCCC6)c5)cc4)CCCCC3)cc2)c2cc(C3CCCCC3)cc(C3CCCCC3)c2)cc1. The molecule has 0 radical (unpaired) electrons. The lowest BCUT2D eigenvalue weighted by Gasteiger charge is -2.39. The third kappa shape index (κ3) is 9.86. The van der Waals surface area contributed by atoms with Gasteiger partial charge in [-0.1, -0.05) is 169 Å².